The van der Waals surface area contributed by atoms with Crippen molar-refractivity contribution in [1.82, 2.24) is 0 Å². The largest absolute Gasteiger partial charge is 0.508 e. The van der Waals surface area contributed by atoms with Crippen LogP contribution in [0.1, 0.15) is 0 Å². The van der Waals surface area contributed by atoms with Crippen LogP contribution in [-0.2, 0) is 10.1 Å². The number of aromatic hydroxyl groups is 1. The molecular formula is C12H8Cl2O4S. The van der Waals surface area contributed by atoms with Crippen LogP contribution in [0.5, 0.6) is 11.5 Å². The second-order valence-corrected chi connectivity index (χ2v) is 5.97. The average molecular weight is 319 g/mol. The van der Waals surface area contributed by atoms with E-state index in [0.29, 0.717) is 0 Å². The van der Waals surface area contributed by atoms with Crippen LogP contribution in [0.4, 0.5) is 0 Å². The molecule has 0 radical (unpaired) electrons. The summed E-state index contributed by atoms with van der Waals surface area (Å²) in [6.45, 7) is 0. The number of phenolic OH excluding ortho intramolecular Hbond substituents is 1. The lowest BCUT2D eigenvalue weighted by Crippen LogP contribution is -2.10. The van der Waals surface area contributed by atoms with E-state index in [1.165, 1.54) is 30.3 Å². The summed E-state index contributed by atoms with van der Waals surface area (Å²) in [5.74, 6) is -0.290. The number of rotatable bonds is 3. The Hall–Kier alpha value is -1.43. The predicted octanol–water partition coefficient (Wildman–Crippen LogP) is 3.47. The van der Waals surface area contributed by atoms with Crippen molar-refractivity contribution < 1.29 is 17.7 Å². The van der Waals surface area contributed by atoms with Gasteiger partial charge in [-0.3, -0.25) is 0 Å². The zero-order chi connectivity index (χ0) is 14.0. The van der Waals surface area contributed by atoms with Gasteiger partial charge in [0.1, 0.15) is 16.4 Å². The number of benzene rings is 2. The third-order valence-corrected chi connectivity index (χ3v) is 4.13. The molecule has 0 spiro atoms. The van der Waals surface area contributed by atoms with Crippen molar-refractivity contribution in [3.05, 3.63) is 52.5 Å². The van der Waals surface area contributed by atoms with Crippen LogP contribution < -0.4 is 4.18 Å². The summed E-state index contributed by atoms with van der Waals surface area (Å²) >= 11 is 11.5. The Labute approximate surface area is 120 Å². The SMILES string of the molecule is O=S(=O)(Oc1cc(O)cc(Cl)c1)c1ccccc1Cl. The van der Waals surface area contributed by atoms with Crippen LogP contribution in [-0.4, -0.2) is 13.5 Å². The van der Waals surface area contributed by atoms with Gasteiger partial charge in [0, 0.05) is 17.2 Å². The lowest BCUT2D eigenvalue weighted by atomic mass is 10.3. The van der Waals surface area contributed by atoms with Gasteiger partial charge in [-0.15, -0.1) is 0 Å². The van der Waals surface area contributed by atoms with Crippen molar-refractivity contribution >= 4 is 33.3 Å². The van der Waals surface area contributed by atoms with E-state index >= 15 is 0 Å². The molecule has 0 aliphatic heterocycles. The summed E-state index contributed by atoms with van der Waals surface area (Å²) in [4.78, 5) is -0.156. The smallest absolute Gasteiger partial charge is 0.340 e. The third-order valence-electron chi connectivity index (χ3n) is 2.17. The Morgan fingerprint density at radius 2 is 1.74 bits per heavy atom. The number of halogens is 2. The Balaban J connectivity index is 2.39. The maximum atomic E-state index is 12.0. The Morgan fingerprint density at radius 1 is 1.05 bits per heavy atom. The summed E-state index contributed by atoms with van der Waals surface area (Å²) in [6, 6.07) is 9.56. The van der Waals surface area contributed by atoms with Crippen molar-refractivity contribution in [2.75, 3.05) is 0 Å². The molecule has 0 atom stereocenters. The highest BCUT2D eigenvalue weighted by molar-refractivity contribution is 7.87. The van der Waals surface area contributed by atoms with Gasteiger partial charge in [-0.1, -0.05) is 35.3 Å². The molecule has 2 aromatic carbocycles. The number of hydrogen-bond donors (Lipinski definition) is 1. The van der Waals surface area contributed by atoms with E-state index in [2.05, 4.69) is 0 Å². The monoisotopic (exact) mass is 318 g/mol. The van der Waals surface area contributed by atoms with Crippen LogP contribution in [0.15, 0.2) is 47.4 Å². The van der Waals surface area contributed by atoms with Crippen LogP contribution in [0.2, 0.25) is 10.0 Å². The molecule has 2 rings (SSSR count). The lowest BCUT2D eigenvalue weighted by molar-refractivity contribution is 0.463. The quantitative estimate of drug-likeness (QED) is 0.880. The molecular weight excluding hydrogens is 311 g/mol. The minimum Gasteiger partial charge on any atom is -0.508 e. The first-order chi connectivity index (χ1) is 8.88. The second-order valence-electron chi connectivity index (χ2n) is 3.61. The summed E-state index contributed by atoms with van der Waals surface area (Å²) in [6.07, 6.45) is 0. The van der Waals surface area contributed by atoms with E-state index in [1.807, 2.05) is 0 Å². The second kappa shape index (κ2) is 5.28. The molecule has 19 heavy (non-hydrogen) atoms. The normalized spacial score (nSPS) is 11.3. The van der Waals surface area contributed by atoms with E-state index in [0.717, 1.165) is 6.07 Å². The maximum Gasteiger partial charge on any atom is 0.340 e. The van der Waals surface area contributed by atoms with E-state index in [1.54, 1.807) is 6.07 Å². The fourth-order valence-electron chi connectivity index (χ4n) is 1.42. The highest BCUT2D eigenvalue weighted by atomic mass is 35.5. The van der Waals surface area contributed by atoms with Crippen LogP contribution >= 0.6 is 23.2 Å². The minimum atomic E-state index is -4.08. The topological polar surface area (TPSA) is 63.6 Å². The van der Waals surface area contributed by atoms with Crippen LogP contribution in [0.25, 0.3) is 0 Å². The third kappa shape index (κ3) is 3.32. The number of hydrogen-bond acceptors (Lipinski definition) is 4. The highest BCUT2D eigenvalue weighted by Gasteiger charge is 2.20. The molecule has 0 amide bonds. The molecule has 2 aromatic rings. The first kappa shape index (κ1) is 14.0. The number of phenols is 1. The molecule has 0 aliphatic rings. The molecule has 0 heterocycles. The summed E-state index contributed by atoms with van der Waals surface area (Å²) in [5.41, 5.74) is 0. The standard InChI is InChI=1S/C12H8Cl2O4S/c13-8-5-9(15)7-10(6-8)18-19(16,17)12-4-2-1-3-11(12)14/h1-7,15H. The first-order valence-corrected chi connectivity index (χ1v) is 7.23. The van der Waals surface area contributed by atoms with Crippen molar-refractivity contribution in [1.29, 1.82) is 0 Å². The fraction of sp³-hybridized carbons (Fsp3) is 0. The molecule has 0 bridgehead atoms. The summed E-state index contributed by atoms with van der Waals surface area (Å²) < 4.78 is 28.9. The van der Waals surface area contributed by atoms with Crippen molar-refractivity contribution in [3.63, 3.8) is 0 Å². The van der Waals surface area contributed by atoms with Gasteiger partial charge >= 0.3 is 10.1 Å². The lowest BCUT2D eigenvalue weighted by Gasteiger charge is -2.08. The van der Waals surface area contributed by atoms with E-state index in [9.17, 15) is 13.5 Å². The van der Waals surface area contributed by atoms with Gasteiger partial charge in [0.05, 0.1) is 5.02 Å². The van der Waals surface area contributed by atoms with Gasteiger partial charge < -0.3 is 9.29 Å². The van der Waals surface area contributed by atoms with E-state index in [4.69, 9.17) is 27.4 Å². The zero-order valence-electron chi connectivity index (χ0n) is 9.38. The van der Waals surface area contributed by atoms with Crippen molar-refractivity contribution in [3.8, 4) is 11.5 Å². The molecule has 0 aromatic heterocycles. The molecule has 1 N–H and O–H groups in total. The molecule has 0 aliphatic carbocycles. The molecule has 4 nitrogen and oxygen atoms in total. The van der Waals surface area contributed by atoms with Crippen LogP contribution in [0.3, 0.4) is 0 Å². The van der Waals surface area contributed by atoms with Gasteiger partial charge in [0.25, 0.3) is 0 Å². The fourth-order valence-corrected chi connectivity index (χ4v) is 3.05. The highest BCUT2D eigenvalue weighted by Crippen LogP contribution is 2.29. The zero-order valence-corrected chi connectivity index (χ0v) is 11.7. The summed E-state index contributed by atoms with van der Waals surface area (Å²) in [5, 5.41) is 9.54. The first-order valence-electron chi connectivity index (χ1n) is 5.07. The molecule has 0 fully saturated rings. The molecule has 0 unspecified atom stereocenters. The van der Waals surface area contributed by atoms with Gasteiger partial charge in [0.2, 0.25) is 0 Å². The minimum absolute atomic E-state index is 0.0498. The molecule has 0 saturated heterocycles. The Bertz CT molecular complexity index is 693. The van der Waals surface area contributed by atoms with Crippen molar-refractivity contribution in [2.24, 2.45) is 0 Å². The van der Waals surface area contributed by atoms with Gasteiger partial charge in [-0.25, -0.2) is 0 Å². The predicted molar refractivity (Wildman–Crippen MR) is 72.4 cm³/mol. The Kier molecular flexibility index (Phi) is 3.89. The van der Waals surface area contributed by atoms with Gasteiger partial charge in [0.15, 0.2) is 0 Å². The molecule has 7 heteroatoms. The van der Waals surface area contributed by atoms with Gasteiger partial charge in [-0.2, -0.15) is 8.42 Å². The summed E-state index contributed by atoms with van der Waals surface area (Å²) in [7, 11) is -4.08. The molecule has 0 saturated carbocycles. The molecule has 100 valence electrons. The Morgan fingerprint density at radius 3 is 2.37 bits per heavy atom. The van der Waals surface area contributed by atoms with Gasteiger partial charge in [-0.05, 0) is 18.2 Å². The average Bonchev–Trinajstić information content (AvgIpc) is 2.26. The van der Waals surface area contributed by atoms with E-state index in [-0.39, 0.29) is 26.4 Å². The maximum absolute atomic E-state index is 12.0. The van der Waals surface area contributed by atoms with E-state index < -0.39 is 10.1 Å². The van der Waals surface area contributed by atoms with Crippen molar-refractivity contribution in [2.45, 2.75) is 4.90 Å². The van der Waals surface area contributed by atoms with Crippen LogP contribution in [0, 0.1) is 0 Å².